The van der Waals surface area contributed by atoms with Gasteiger partial charge in [-0.2, -0.15) is 4.98 Å². The average molecular weight is 347 g/mol. The standard InChI is InChI=1S/C16H19BrN4/c1-2-18-16-20-14(12-5-6-12)9-15(21-16)19-10-11-3-7-13(17)8-4-11/h3-4,7-9,12H,2,5-6,10H2,1H3,(H2,18,19,20,21). The molecule has 0 unspecified atom stereocenters. The molecule has 1 aliphatic rings. The van der Waals surface area contributed by atoms with E-state index in [0.29, 0.717) is 5.92 Å². The van der Waals surface area contributed by atoms with Gasteiger partial charge in [-0.3, -0.25) is 0 Å². The molecule has 1 heterocycles. The molecule has 1 aromatic carbocycles. The van der Waals surface area contributed by atoms with E-state index in [9.17, 15) is 0 Å². The molecular formula is C16H19BrN4. The lowest BCUT2D eigenvalue weighted by Crippen LogP contribution is -2.08. The maximum Gasteiger partial charge on any atom is 0.224 e. The maximum atomic E-state index is 4.58. The molecule has 1 fully saturated rings. The minimum Gasteiger partial charge on any atom is -0.366 e. The third kappa shape index (κ3) is 3.94. The van der Waals surface area contributed by atoms with Gasteiger partial charge in [0.05, 0.1) is 5.69 Å². The fourth-order valence-electron chi connectivity index (χ4n) is 2.18. The average Bonchev–Trinajstić information content (AvgIpc) is 3.31. The molecule has 0 amide bonds. The topological polar surface area (TPSA) is 49.8 Å². The van der Waals surface area contributed by atoms with Crippen molar-refractivity contribution in [3.63, 3.8) is 0 Å². The van der Waals surface area contributed by atoms with Crippen LogP contribution in [0.2, 0.25) is 0 Å². The first-order valence-electron chi connectivity index (χ1n) is 7.36. The number of nitrogens with zero attached hydrogens (tertiary/aromatic N) is 2. The van der Waals surface area contributed by atoms with E-state index in [-0.39, 0.29) is 0 Å². The summed E-state index contributed by atoms with van der Waals surface area (Å²) in [6, 6.07) is 10.4. The van der Waals surface area contributed by atoms with Crippen LogP contribution in [-0.4, -0.2) is 16.5 Å². The van der Waals surface area contributed by atoms with Crippen molar-refractivity contribution in [1.29, 1.82) is 0 Å². The van der Waals surface area contributed by atoms with Gasteiger partial charge >= 0.3 is 0 Å². The third-order valence-corrected chi connectivity index (χ3v) is 3.99. The van der Waals surface area contributed by atoms with Crippen molar-refractivity contribution in [2.24, 2.45) is 0 Å². The Morgan fingerprint density at radius 1 is 1.14 bits per heavy atom. The molecule has 2 aromatic rings. The van der Waals surface area contributed by atoms with Crippen molar-refractivity contribution >= 4 is 27.7 Å². The number of nitrogens with one attached hydrogen (secondary N) is 2. The first-order valence-corrected chi connectivity index (χ1v) is 8.15. The van der Waals surface area contributed by atoms with Crippen molar-refractivity contribution in [2.45, 2.75) is 32.2 Å². The molecule has 1 aromatic heterocycles. The molecule has 0 radical (unpaired) electrons. The van der Waals surface area contributed by atoms with Crippen LogP contribution >= 0.6 is 15.9 Å². The largest absolute Gasteiger partial charge is 0.366 e. The minimum atomic E-state index is 0.624. The van der Waals surface area contributed by atoms with E-state index >= 15 is 0 Å². The first kappa shape index (κ1) is 14.3. The van der Waals surface area contributed by atoms with Crippen molar-refractivity contribution in [1.82, 2.24) is 9.97 Å². The lowest BCUT2D eigenvalue weighted by Gasteiger charge is -2.10. The highest BCUT2D eigenvalue weighted by molar-refractivity contribution is 9.10. The highest BCUT2D eigenvalue weighted by atomic mass is 79.9. The zero-order valence-electron chi connectivity index (χ0n) is 12.1. The van der Waals surface area contributed by atoms with Crippen molar-refractivity contribution in [3.05, 3.63) is 46.1 Å². The Labute approximate surface area is 133 Å². The van der Waals surface area contributed by atoms with E-state index in [2.05, 4.69) is 73.8 Å². The zero-order valence-corrected chi connectivity index (χ0v) is 13.7. The summed E-state index contributed by atoms with van der Waals surface area (Å²) in [5, 5.41) is 6.60. The van der Waals surface area contributed by atoms with Crippen LogP contribution in [0.5, 0.6) is 0 Å². The molecular weight excluding hydrogens is 328 g/mol. The summed E-state index contributed by atoms with van der Waals surface area (Å²) in [6.45, 7) is 3.66. The van der Waals surface area contributed by atoms with Crippen molar-refractivity contribution < 1.29 is 0 Å². The van der Waals surface area contributed by atoms with Gasteiger partial charge in [-0.25, -0.2) is 4.98 Å². The Balaban J connectivity index is 1.72. The molecule has 1 aliphatic carbocycles. The Morgan fingerprint density at radius 2 is 1.90 bits per heavy atom. The number of rotatable bonds is 6. The predicted octanol–water partition coefficient (Wildman–Crippen LogP) is 4.16. The van der Waals surface area contributed by atoms with E-state index in [1.165, 1.54) is 18.4 Å². The lowest BCUT2D eigenvalue weighted by atomic mass is 10.2. The van der Waals surface area contributed by atoms with Gasteiger partial charge in [0, 0.05) is 29.5 Å². The summed E-state index contributed by atoms with van der Waals surface area (Å²) in [7, 11) is 0. The molecule has 0 atom stereocenters. The summed E-state index contributed by atoms with van der Waals surface area (Å²) >= 11 is 3.45. The van der Waals surface area contributed by atoms with Crippen LogP contribution in [0.4, 0.5) is 11.8 Å². The quantitative estimate of drug-likeness (QED) is 0.824. The van der Waals surface area contributed by atoms with E-state index < -0.39 is 0 Å². The van der Waals surface area contributed by atoms with E-state index in [0.717, 1.165) is 35.0 Å². The third-order valence-electron chi connectivity index (χ3n) is 3.46. The number of anilines is 2. The van der Waals surface area contributed by atoms with Gasteiger partial charge in [0.1, 0.15) is 5.82 Å². The summed E-state index contributed by atoms with van der Waals surface area (Å²) < 4.78 is 1.10. The molecule has 0 saturated heterocycles. The lowest BCUT2D eigenvalue weighted by molar-refractivity contribution is 0.967. The van der Waals surface area contributed by atoms with Crippen LogP contribution in [-0.2, 0) is 6.54 Å². The van der Waals surface area contributed by atoms with Gasteiger partial charge in [-0.05, 0) is 37.5 Å². The number of halogens is 1. The summed E-state index contributed by atoms with van der Waals surface area (Å²) in [6.07, 6.45) is 2.49. The molecule has 4 nitrogen and oxygen atoms in total. The molecule has 21 heavy (non-hydrogen) atoms. The van der Waals surface area contributed by atoms with Crippen LogP contribution in [0.15, 0.2) is 34.8 Å². The summed E-state index contributed by atoms with van der Waals surface area (Å²) in [5.41, 5.74) is 2.38. The van der Waals surface area contributed by atoms with Crippen LogP contribution in [0.1, 0.15) is 36.9 Å². The molecule has 3 rings (SSSR count). The van der Waals surface area contributed by atoms with Gasteiger partial charge < -0.3 is 10.6 Å². The normalized spacial score (nSPS) is 14.0. The Hall–Kier alpha value is -1.62. The second-order valence-corrected chi connectivity index (χ2v) is 6.20. The maximum absolute atomic E-state index is 4.58. The van der Waals surface area contributed by atoms with Gasteiger partial charge in [0.25, 0.3) is 0 Å². The smallest absolute Gasteiger partial charge is 0.224 e. The summed E-state index contributed by atoms with van der Waals surface area (Å²) in [5.74, 6) is 2.24. The highest BCUT2D eigenvalue weighted by Gasteiger charge is 2.26. The first-order chi connectivity index (χ1) is 10.2. The number of hydrogen-bond acceptors (Lipinski definition) is 4. The van der Waals surface area contributed by atoms with Crippen molar-refractivity contribution in [3.8, 4) is 0 Å². The van der Waals surface area contributed by atoms with E-state index in [1.807, 2.05) is 0 Å². The van der Waals surface area contributed by atoms with E-state index in [1.54, 1.807) is 0 Å². The minimum absolute atomic E-state index is 0.624. The molecule has 110 valence electrons. The van der Waals surface area contributed by atoms with Gasteiger partial charge in [-0.1, -0.05) is 28.1 Å². The fourth-order valence-corrected chi connectivity index (χ4v) is 2.44. The summed E-state index contributed by atoms with van der Waals surface area (Å²) in [4.78, 5) is 9.11. The Bertz CT molecular complexity index is 608. The highest BCUT2D eigenvalue weighted by Crippen LogP contribution is 2.39. The number of aromatic nitrogens is 2. The molecule has 0 spiro atoms. The van der Waals surface area contributed by atoms with Crippen molar-refractivity contribution in [2.75, 3.05) is 17.2 Å². The zero-order chi connectivity index (χ0) is 14.7. The molecule has 1 saturated carbocycles. The predicted molar refractivity (Wildman–Crippen MR) is 89.6 cm³/mol. The van der Waals surface area contributed by atoms with Crippen LogP contribution < -0.4 is 10.6 Å². The molecule has 2 N–H and O–H groups in total. The van der Waals surface area contributed by atoms with E-state index in [4.69, 9.17) is 0 Å². The van der Waals surface area contributed by atoms with Gasteiger partial charge in [-0.15, -0.1) is 0 Å². The van der Waals surface area contributed by atoms with Crippen LogP contribution in [0, 0.1) is 0 Å². The van der Waals surface area contributed by atoms with Gasteiger partial charge in [0.15, 0.2) is 0 Å². The van der Waals surface area contributed by atoms with Crippen LogP contribution in [0.25, 0.3) is 0 Å². The monoisotopic (exact) mass is 346 g/mol. The Kier molecular flexibility index (Phi) is 4.39. The molecule has 5 heteroatoms. The van der Waals surface area contributed by atoms with Crippen LogP contribution in [0.3, 0.4) is 0 Å². The SMILES string of the molecule is CCNc1nc(NCc2ccc(Br)cc2)cc(C2CC2)n1. The molecule has 0 aliphatic heterocycles. The number of benzene rings is 1. The fraction of sp³-hybridized carbons (Fsp3) is 0.375. The Morgan fingerprint density at radius 3 is 2.57 bits per heavy atom. The second kappa shape index (κ2) is 6.43. The molecule has 0 bridgehead atoms. The van der Waals surface area contributed by atoms with Gasteiger partial charge in [0.2, 0.25) is 5.95 Å². The second-order valence-electron chi connectivity index (χ2n) is 5.29. The number of hydrogen-bond donors (Lipinski definition) is 2.